The molecule has 0 amide bonds. The van der Waals surface area contributed by atoms with Crippen LogP contribution in [0.15, 0.2) is 30.9 Å². The van der Waals surface area contributed by atoms with E-state index in [9.17, 15) is 4.39 Å². The number of nitrogens with one attached hydrogen (secondary N) is 1. The number of hydrogen-bond acceptors (Lipinski definition) is 1. The highest BCUT2D eigenvalue weighted by Gasteiger charge is 2.17. The molecule has 0 spiro atoms. The molecule has 1 aromatic carbocycles. The Morgan fingerprint density at radius 3 is 2.43 bits per heavy atom. The van der Waals surface area contributed by atoms with Crippen molar-refractivity contribution in [3.8, 4) is 0 Å². The van der Waals surface area contributed by atoms with E-state index in [2.05, 4.69) is 25.7 Å². The Kier molecular flexibility index (Phi) is 9.86. The molecule has 2 atom stereocenters. The topological polar surface area (TPSA) is 12.0 Å². The summed E-state index contributed by atoms with van der Waals surface area (Å²) >= 11 is 0. The minimum absolute atomic E-state index is 0.0559. The third-order valence-electron chi connectivity index (χ3n) is 5.00. The summed E-state index contributed by atoms with van der Waals surface area (Å²) in [6, 6.07) is 5.64. The van der Waals surface area contributed by atoms with Crippen molar-refractivity contribution in [2.45, 2.75) is 58.8 Å². The summed E-state index contributed by atoms with van der Waals surface area (Å²) in [5.74, 6) is 1.49. The maximum absolute atomic E-state index is 14.1. The first-order valence-corrected chi connectivity index (χ1v) is 9.18. The van der Waals surface area contributed by atoms with E-state index in [1.54, 1.807) is 6.07 Å². The van der Waals surface area contributed by atoms with Gasteiger partial charge in [0.15, 0.2) is 0 Å². The van der Waals surface area contributed by atoms with Gasteiger partial charge in [-0.2, -0.15) is 0 Å². The maximum Gasteiger partial charge on any atom is 0.126 e. The minimum atomic E-state index is -0.0559. The van der Waals surface area contributed by atoms with Gasteiger partial charge in [0, 0.05) is 0 Å². The molecule has 1 nitrogen and oxygen atoms in total. The number of benzene rings is 1. The zero-order valence-corrected chi connectivity index (χ0v) is 15.2. The first-order valence-electron chi connectivity index (χ1n) is 9.18. The molecule has 1 aromatic rings. The van der Waals surface area contributed by atoms with Crippen molar-refractivity contribution < 1.29 is 4.39 Å². The summed E-state index contributed by atoms with van der Waals surface area (Å²) in [6.07, 6.45) is 9.39. The average Bonchev–Trinajstić information content (AvgIpc) is 2.55. The third kappa shape index (κ3) is 6.87. The fraction of sp³-hybridized carbons (Fsp3) is 0.619. The molecule has 130 valence electrons. The molecular formula is C21H34FN. The monoisotopic (exact) mass is 319 g/mol. The summed E-state index contributed by atoms with van der Waals surface area (Å²) in [6.45, 7) is 9.38. The van der Waals surface area contributed by atoms with Gasteiger partial charge in [-0.3, -0.25) is 0 Å². The van der Waals surface area contributed by atoms with Crippen molar-refractivity contribution >= 4 is 0 Å². The smallest absolute Gasteiger partial charge is 0.126 e. The zero-order chi connectivity index (χ0) is 17.1. The Bertz CT molecular complexity index is 455. The van der Waals surface area contributed by atoms with Crippen molar-refractivity contribution in [1.29, 1.82) is 0 Å². The molecule has 0 bridgehead atoms. The van der Waals surface area contributed by atoms with Gasteiger partial charge in [0.25, 0.3) is 0 Å². The van der Waals surface area contributed by atoms with E-state index in [1.165, 1.54) is 25.7 Å². The minimum Gasteiger partial charge on any atom is -0.320 e. The third-order valence-corrected chi connectivity index (χ3v) is 5.00. The van der Waals surface area contributed by atoms with Crippen molar-refractivity contribution in [2.24, 2.45) is 11.8 Å². The standard InChI is InChI=1S/C21H34FN/c1-5-9-17-12-13-20(21(22)16-17)11-8-10-18(6-2)19(7-3)14-15-23-4/h5,12-13,16,18-19,23H,1,6-11,14-15H2,2-4H3. The number of allylic oxidation sites excluding steroid dienone is 1. The molecule has 2 heteroatoms. The van der Waals surface area contributed by atoms with E-state index in [4.69, 9.17) is 0 Å². The van der Waals surface area contributed by atoms with Gasteiger partial charge in [0.2, 0.25) is 0 Å². The van der Waals surface area contributed by atoms with Crippen LogP contribution in [0.1, 0.15) is 57.1 Å². The molecule has 0 aliphatic heterocycles. The summed E-state index contributed by atoms with van der Waals surface area (Å²) in [4.78, 5) is 0. The molecule has 1 rings (SSSR count). The molecule has 0 heterocycles. The number of hydrogen-bond donors (Lipinski definition) is 1. The molecule has 0 radical (unpaired) electrons. The molecule has 0 aliphatic carbocycles. The van der Waals surface area contributed by atoms with Crippen LogP contribution in [0.2, 0.25) is 0 Å². The molecule has 0 aromatic heterocycles. The van der Waals surface area contributed by atoms with Crippen LogP contribution in [0.3, 0.4) is 0 Å². The SMILES string of the molecule is C=CCc1ccc(CCCC(CC)C(CC)CCNC)c(F)c1. The lowest BCUT2D eigenvalue weighted by Crippen LogP contribution is -2.19. The largest absolute Gasteiger partial charge is 0.320 e. The summed E-state index contributed by atoms with van der Waals surface area (Å²) in [5.41, 5.74) is 1.86. The van der Waals surface area contributed by atoms with E-state index in [-0.39, 0.29) is 5.82 Å². The second-order valence-corrected chi connectivity index (χ2v) is 6.54. The lowest BCUT2D eigenvalue weighted by atomic mass is 9.82. The Hall–Kier alpha value is -1.15. The van der Waals surface area contributed by atoms with Crippen LogP contribution in [0.25, 0.3) is 0 Å². The number of rotatable bonds is 12. The van der Waals surface area contributed by atoms with Gasteiger partial charge in [-0.05, 0) is 74.7 Å². The van der Waals surface area contributed by atoms with Crippen LogP contribution in [0, 0.1) is 17.7 Å². The predicted molar refractivity (Wildman–Crippen MR) is 99.3 cm³/mol. The first-order chi connectivity index (χ1) is 11.2. The van der Waals surface area contributed by atoms with Crippen molar-refractivity contribution in [1.82, 2.24) is 5.32 Å². The van der Waals surface area contributed by atoms with E-state index in [1.807, 2.05) is 25.3 Å². The van der Waals surface area contributed by atoms with Gasteiger partial charge >= 0.3 is 0 Å². The molecule has 1 N–H and O–H groups in total. The molecule has 0 fully saturated rings. The molecular weight excluding hydrogens is 285 g/mol. The van der Waals surface area contributed by atoms with E-state index in [0.717, 1.165) is 48.8 Å². The fourth-order valence-electron chi connectivity index (χ4n) is 3.52. The molecule has 23 heavy (non-hydrogen) atoms. The summed E-state index contributed by atoms with van der Waals surface area (Å²) < 4.78 is 14.1. The van der Waals surface area contributed by atoms with Gasteiger partial charge < -0.3 is 5.32 Å². The van der Waals surface area contributed by atoms with E-state index >= 15 is 0 Å². The van der Waals surface area contributed by atoms with Crippen LogP contribution in [0.5, 0.6) is 0 Å². The maximum atomic E-state index is 14.1. The van der Waals surface area contributed by atoms with Crippen LogP contribution in [0.4, 0.5) is 4.39 Å². The Morgan fingerprint density at radius 2 is 1.87 bits per heavy atom. The van der Waals surface area contributed by atoms with Crippen LogP contribution in [-0.4, -0.2) is 13.6 Å². The average molecular weight is 320 g/mol. The first kappa shape index (κ1) is 19.9. The van der Waals surface area contributed by atoms with Crippen LogP contribution >= 0.6 is 0 Å². The second kappa shape index (κ2) is 11.4. The molecule has 0 saturated carbocycles. The molecule has 0 aliphatic rings. The summed E-state index contributed by atoms with van der Waals surface area (Å²) in [5, 5.41) is 3.26. The Labute approximate surface area is 142 Å². The molecule has 2 unspecified atom stereocenters. The van der Waals surface area contributed by atoms with Gasteiger partial charge in [-0.1, -0.05) is 44.9 Å². The predicted octanol–water partition coefficient (Wildman–Crippen LogP) is 5.54. The van der Waals surface area contributed by atoms with Gasteiger partial charge in [-0.25, -0.2) is 4.39 Å². The van der Waals surface area contributed by atoms with Crippen LogP contribution < -0.4 is 5.32 Å². The highest BCUT2D eigenvalue weighted by atomic mass is 19.1. The Balaban J connectivity index is 2.51. The quantitative estimate of drug-likeness (QED) is 0.499. The highest BCUT2D eigenvalue weighted by molar-refractivity contribution is 5.25. The van der Waals surface area contributed by atoms with Crippen molar-refractivity contribution in [2.75, 3.05) is 13.6 Å². The lowest BCUT2D eigenvalue weighted by Gasteiger charge is -2.25. The van der Waals surface area contributed by atoms with Crippen molar-refractivity contribution in [3.63, 3.8) is 0 Å². The fourth-order valence-corrected chi connectivity index (χ4v) is 3.52. The van der Waals surface area contributed by atoms with Gasteiger partial charge in [0.05, 0.1) is 0 Å². The molecule has 0 saturated heterocycles. The van der Waals surface area contributed by atoms with Gasteiger partial charge in [-0.15, -0.1) is 6.58 Å². The summed E-state index contributed by atoms with van der Waals surface area (Å²) in [7, 11) is 2.02. The van der Waals surface area contributed by atoms with Gasteiger partial charge in [0.1, 0.15) is 5.82 Å². The number of halogens is 1. The van der Waals surface area contributed by atoms with Crippen LogP contribution in [-0.2, 0) is 12.8 Å². The Morgan fingerprint density at radius 1 is 1.17 bits per heavy atom. The second-order valence-electron chi connectivity index (χ2n) is 6.54. The lowest BCUT2D eigenvalue weighted by molar-refractivity contribution is 0.272. The van der Waals surface area contributed by atoms with Crippen molar-refractivity contribution in [3.05, 3.63) is 47.8 Å². The zero-order valence-electron chi connectivity index (χ0n) is 15.2. The normalized spacial score (nSPS) is 13.7. The van der Waals surface area contributed by atoms with E-state index < -0.39 is 0 Å². The highest BCUT2D eigenvalue weighted by Crippen LogP contribution is 2.27. The van der Waals surface area contributed by atoms with E-state index in [0.29, 0.717) is 0 Å². The number of aryl methyl sites for hydroxylation is 1.